The quantitative estimate of drug-likeness (QED) is 0.740. The molecule has 1 fully saturated rings. The number of nitrogens with one attached hydrogen (secondary N) is 1. The zero-order valence-electron chi connectivity index (χ0n) is 15.9. The lowest BCUT2D eigenvalue weighted by molar-refractivity contribution is 0.0691. The van der Waals surface area contributed by atoms with Gasteiger partial charge in [-0.25, -0.2) is 9.78 Å². The van der Waals surface area contributed by atoms with Crippen molar-refractivity contribution in [3.8, 4) is 0 Å². The molecule has 1 aliphatic heterocycles. The molecule has 3 aromatic rings. The van der Waals surface area contributed by atoms with E-state index >= 15 is 0 Å². The maximum Gasteiger partial charge on any atom is 0.330 e. The Labute approximate surface area is 161 Å². The Morgan fingerprint density at radius 3 is 2.64 bits per heavy atom. The van der Waals surface area contributed by atoms with Crippen LogP contribution in [0.3, 0.4) is 0 Å². The van der Waals surface area contributed by atoms with E-state index in [4.69, 9.17) is 0 Å². The van der Waals surface area contributed by atoms with Gasteiger partial charge in [0.1, 0.15) is 5.65 Å². The molecule has 144 valence electrons. The van der Waals surface area contributed by atoms with Gasteiger partial charge in [-0.2, -0.15) is 0 Å². The van der Waals surface area contributed by atoms with Crippen LogP contribution in [0.2, 0.25) is 0 Å². The highest BCUT2D eigenvalue weighted by atomic mass is 16.2. The zero-order chi connectivity index (χ0) is 19.8. The summed E-state index contributed by atoms with van der Waals surface area (Å²) in [5.74, 6) is 0.00335. The summed E-state index contributed by atoms with van der Waals surface area (Å²) in [4.78, 5) is 46.7. The third-order valence-electron chi connectivity index (χ3n) is 5.44. The zero-order valence-corrected chi connectivity index (χ0v) is 15.9. The summed E-state index contributed by atoms with van der Waals surface area (Å²) in [5.41, 5.74) is 2.24. The maximum atomic E-state index is 12.9. The first-order chi connectivity index (χ1) is 13.5. The lowest BCUT2D eigenvalue weighted by atomic mass is 10.0. The number of amides is 1. The molecule has 1 aromatic carbocycles. The number of fused-ring (bicyclic) bond motifs is 1. The summed E-state index contributed by atoms with van der Waals surface area (Å²) in [5, 5.41) is 0.399. The van der Waals surface area contributed by atoms with Gasteiger partial charge in [0.2, 0.25) is 0 Å². The molecular weight excluding hydrogens is 356 g/mol. The van der Waals surface area contributed by atoms with E-state index in [9.17, 15) is 14.4 Å². The van der Waals surface area contributed by atoms with Crippen molar-refractivity contribution < 1.29 is 4.79 Å². The Bertz CT molecular complexity index is 1170. The monoisotopic (exact) mass is 378 g/mol. The van der Waals surface area contributed by atoms with Gasteiger partial charge in [-0.15, -0.1) is 0 Å². The Morgan fingerprint density at radius 2 is 1.89 bits per heavy atom. The number of hydrogen-bond acceptors (Lipinski definition) is 4. The Balaban J connectivity index is 1.57. The molecule has 7 heteroatoms. The molecule has 0 aliphatic carbocycles. The molecule has 2 aromatic heterocycles. The van der Waals surface area contributed by atoms with E-state index in [1.54, 1.807) is 23.2 Å². The van der Waals surface area contributed by atoms with Crippen molar-refractivity contribution in [1.82, 2.24) is 19.4 Å². The average molecular weight is 378 g/mol. The van der Waals surface area contributed by atoms with Crippen molar-refractivity contribution in [2.45, 2.75) is 32.7 Å². The molecule has 7 nitrogen and oxygen atoms in total. The molecule has 0 saturated carbocycles. The number of pyridine rings is 1. The molecule has 0 spiro atoms. The van der Waals surface area contributed by atoms with Crippen LogP contribution in [0.25, 0.3) is 11.0 Å². The lowest BCUT2D eigenvalue weighted by Gasteiger charge is -2.33. The minimum absolute atomic E-state index is 0.00335. The van der Waals surface area contributed by atoms with E-state index in [1.165, 1.54) is 4.57 Å². The van der Waals surface area contributed by atoms with Crippen LogP contribution in [0.5, 0.6) is 0 Å². The molecule has 1 N–H and O–H groups in total. The fraction of sp³-hybridized carbons (Fsp3) is 0.333. The normalized spacial score (nSPS) is 15.1. The molecule has 0 radical (unpaired) electrons. The van der Waals surface area contributed by atoms with E-state index in [0.717, 1.165) is 11.1 Å². The first-order valence-corrected chi connectivity index (χ1v) is 9.42. The van der Waals surface area contributed by atoms with Crippen molar-refractivity contribution in [1.29, 1.82) is 0 Å². The van der Waals surface area contributed by atoms with Gasteiger partial charge in [-0.3, -0.25) is 19.1 Å². The van der Waals surface area contributed by atoms with Crippen molar-refractivity contribution >= 4 is 16.9 Å². The Kier molecular flexibility index (Phi) is 4.58. The molecule has 0 bridgehead atoms. The number of carbonyl (C=O) groups is 1. The lowest BCUT2D eigenvalue weighted by Crippen LogP contribution is -2.45. The van der Waals surface area contributed by atoms with Gasteiger partial charge in [-0.05, 0) is 50.5 Å². The van der Waals surface area contributed by atoms with E-state index in [-0.39, 0.29) is 17.5 Å². The summed E-state index contributed by atoms with van der Waals surface area (Å²) in [6, 6.07) is 8.97. The molecule has 0 unspecified atom stereocenters. The van der Waals surface area contributed by atoms with E-state index in [0.29, 0.717) is 42.5 Å². The van der Waals surface area contributed by atoms with Crippen LogP contribution < -0.4 is 11.2 Å². The highest BCUT2D eigenvalue weighted by Gasteiger charge is 2.27. The van der Waals surface area contributed by atoms with Gasteiger partial charge in [0.15, 0.2) is 0 Å². The van der Waals surface area contributed by atoms with Gasteiger partial charge in [0, 0.05) is 30.9 Å². The van der Waals surface area contributed by atoms with Crippen molar-refractivity contribution in [3.05, 3.63) is 74.1 Å². The SMILES string of the molecule is Cc1ccc(C)c(C(=O)N2CCC(n3c(=O)[nH]c4ncccc4c3=O)CC2)c1. The fourth-order valence-corrected chi connectivity index (χ4v) is 3.86. The van der Waals surface area contributed by atoms with Crippen molar-refractivity contribution in [2.75, 3.05) is 13.1 Å². The van der Waals surface area contributed by atoms with Gasteiger partial charge >= 0.3 is 5.69 Å². The second kappa shape index (κ2) is 7.07. The molecular formula is C21H22N4O3. The maximum absolute atomic E-state index is 12.9. The molecule has 1 saturated heterocycles. The number of carbonyl (C=O) groups excluding carboxylic acids is 1. The van der Waals surface area contributed by atoms with Gasteiger partial charge in [0.05, 0.1) is 5.39 Å². The van der Waals surface area contributed by atoms with E-state index < -0.39 is 5.69 Å². The number of benzene rings is 1. The summed E-state index contributed by atoms with van der Waals surface area (Å²) < 4.78 is 1.28. The summed E-state index contributed by atoms with van der Waals surface area (Å²) in [6.45, 7) is 4.92. The largest absolute Gasteiger partial charge is 0.338 e. The number of H-pyrrole nitrogens is 1. The van der Waals surface area contributed by atoms with Crippen LogP contribution in [-0.4, -0.2) is 38.4 Å². The number of likely N-dealkylation sites (tertiary alicyclic amines) is 1. The summed E-state index contributed by atoms with van der Waals surface area (Å²) >= 11 is 0. The van der Waals surface area contributed by atoms with Gasteiger partial charge in [-0.1, -0.05) is 17.7 Å². The molecule has 4 rings (SSSR count). The second-order valence-corrected chi connectivity index (χ2v) is 7.35. The molecule has 28 heavy (non-hydrogen) atoms. The van der Waals surface area contributed by atoms with Crippen LogP contribution in [0.15, 0.2) is 46.1 Å². The van der Waals surface area contributed by atoms with Gasteiger partial charge < -0.3 is 4.90 Å². The molecule has 3 heterocycles. The predicted octanol–water partition coefficient (Wildman–Crippen LogP) is 2.18. The fourth-order valence-electron chi connectivity index (χ4n) is 3.86. The average Bonchev–Trinajstić information content (AvgIpc) is 2.70. The molecule has 1 aliphatic rings. The van der Waals surface area contributed by atoms with Crippen LogP contribution in [0.1, 0.15) is 40.4 Å². The van der Waals surface area contributed by atoms with E-state index in [1.807, 2.05) is 32.0 Å². The number of nitrogens with zero attached hydrogens (tertiary/aromatic N) is 3. The summed E-state index contributed by atoms with van der Waals surface area (Å²) in [7, 11) is 0. The van der Waals surface area contributed by atoms with Crippen molar-refractivity contribution in [2.24, 2.45) is 0 Å². The highest BCUT2D eigenvalue weighted by Crippen LogP contribution is 2.23. The minimum atomic E-state index is -0.449. The predicted molar refractivity (Wildman–Crippen MR) is 107 cm³/mol. The topological polar surface area (TPSA) is 88.1 Å². The van der Waals surface area contributed by atoms with E-state index in [2.05, 4.69) is 9.97 Å². The van der Waals surface area contributed by atoms with Crippen LogP contribution in [0, 0.1) is 13.8 Å². The Morgan fingerprint density at radius 1 is 1.14 bits per heavy atom. The van der Waals surface area contributed by atoms with Crippen LogP contribution in [0.4, 0.5) is 0 Å². The number of rotatable bonds is 2. The molecule has 1 amide bonds. The van der Waals surface area contributed by atoms with Gasteiger partial charge in [0.25, 0.3) is 11.5 Å². The first kappa shape index (κ1) is 18.2. The number of piperidine rings is 1. The molecule has 0 atom stereocenters. The van der Waals surface area contributed by atoms with Crippen LogP contribution in [-0.2, 0) is 0 Å². The third-order valence-corrected chi connectivity index (χ3v) is 5.44. The number of aryl methyl sites for hydroxylation is 2. The Hall–Kier alpha value is -3.22. The number of aromatic nitrogens is 3. The summed E-state index contributed by atoms with van der Waals surface area (Å²) in [6.07, 6.45) is 2.66. The minimum Gasteiger partial charge on any atom is -0.338 e. The number of aromatic amines is 1. The highest BCUT2D eigenvalue weighted by molar-refractivity contribution is 5.95. The smallest absolute Gasteiger partial charge is 0.330 e. The third kappa shape index (κ3) is 3.13. The number of hydrogen-bond donors (Lipinski definition) is 1. The first-order valence-electron chi connectivity index (χ1n) is 9.42. The van der Waals surface area contributed by atoms with Crippen molar-refractivity contribution in [3.63, 3.8) is 0 Å². The second-order valence-electron chi connectivity index (χ2n) is 7.35. The van der Waals surface area contributed by atoms with Crippen LogP contribution >= 0.6 is 0 Å². The standard InChI is InChI=1S/C21H22N4O3/c1-13-5-6-14(2)17(12-13)19(26)24-10-7-15(8-11-24)25-20(27)16-4-3-9-22-18(16)23-21(25)28/h3-6,9,12,15H,7-8,10-11H2,1-2H3,(H,22,23,28).